The Hall–Kier alpha value is -2.38. The Morgan fingerprint density at radius 2 is 1.66 bits per heavy atom. The van der Waals surface area contributed by atoms with Crippen molar-refractivity contribution < 1.29 is 19.4 Å². The Bertz CT molecular complexity index is 673. The van der Waals surface area contributed by atoms with Gasteiger partial charge in [0.2, 0.25) is 5.88 Å². The number of aliphatic carboxylic acids is 1. The van der Waals surface area contributed by atoms with E-state index in [-0.39, 0.29) is 5.57 Å². The van der Waals surface area contributed by atoms with Crippen molar-refractivity contribution in [1.29, 1.82) is 0 Å². The minimum atomic E-state index is -1.03. The molecular weight excluding hydrogens is 424 g/mol. The number of hydrogen-bond acceptors (Lipinski definition) is 6. The van der Waals surface area contributed by atoms with Gasteiger partial charge < -0.3 is 20.0 Å². The van der Waals surface area contributed by atoms with Gasteiger partial charge in [0, 0.05) is 11.6 Å². The predicted molar refractivity (Wildman–Crippen MR) is 138 cm³/mol. The summed E-state index contributed by atoms with van der Waals surface area (Å²) in [7, 11) is 2.08. The molecule has 1 rings (SSSR count). The quantitative estimate of drug-likeness (QED) is 0.114. The number of nitrogens with zero attached hydrogens (tertiary/aromatic N) is 1. The number of nitrogens with one attached hydrogen (secondary N) is 1. The zero-order valence-electron chi connectivity index (χ0n) is 20.1. The maximum Gasteiger partial charge on any atom is 0.335 e. The van der Waals surface area contributed by atoms with Crippen LogP contribution >= 0.6 is 11.8 Å². The van der Waals surface area contributed by atoms with E-state index >= 15 is 0 Å². The molecule has 1 aliphatic carbocycles. The molecule has 0 aromatic heterocycles. The molecule has 0 amide bonds. The van der Waals surface area contributed by atoms with Crippen LogP contribution in [0.3, 0.4) is 0 Å². The Labute approximate surface area is 198 Å². The first-order valence-electron chi connectivity index (χ1n) is 10.8. The number of carbonyl (C=O) groups excluding carboxylic acids is 1. The van der Waals surface area contributed by atoms with Crippen LogP contribution in [0.4, 0.5) is 0 Å². The van der Waals surface area contributed by atoms with Crippen LogP contribution in [0.15, 0.2) is 65.6 Å². The summed E-state index contributed by atoms with van der Waals surface area (Å²) in [6, 6.07) is 0.826. The van der Waals surface area contributed by atoms with Gasteiger partial charge in [-0.25, -0.2) is 9.79 Å². The summed E-state index contributed by atoms with van der Waals surface area (Å²) >= 11 is 1.43. The van der Waals surface area contributed by atoms with Gasteiger partial charge in [0.25, 0.3) is 0 Å². The van der Waals surface area contributed by atoms with E-state index in [4.69, 9.17) is 14.6 Å². The molecule has 7 heteroatoms. The van der Waals surface area contributed by atoms with Gasteiger partial charge in [-0.15, -0.1) is 11.8 Å². The number of hydrogen-bond donors (Lipinski definition) is 2. The molecule has 2 N–H and O–H groups in total. The second-order valence-electron chi connectivity index (χ2n) is 6.62. The summed E-state index contributed by atoms with van der Waals surface area (Å²) in [5, 5.41) is 13.0. The largest absolute Gasteiger partial charge is 0.478 e. The molecule has 1 saturated carbocycles. The number of aliphatic imine (C=N–C) groups is 1. The highest BCUT2D eigenvalue weighted by atomic mass is 32.2. The third kappa shape index (κ3) is 14.6. The molecule has 180 valence electrons. The zero-order chi connectivity index (χ0) is 24.8. The fourth-order valence-electron chi connectivity index (χ4n) is 2.86. The Morgan fingerprint density at radius 1 is 1.12 bits per heavy atom. The summed E-state index contributed by atoms with van der Waals surface area (Å²) in [6.07, 6.45) is 18.2. The third-order valence-electron chi connectivity index (χ3n) is 4.58. The van der Waals surface area contributed by atoms with Crippen LogP contribution in [0.5, 0.6) is 0 Å². The topological polar surface area (TPSA) is 88.0 Å². The monoisotopic (exact) mass is 464 g/mol. The highest BCUT2D eigenvalue weighted by molar-refractivity contribution is 8.13. The van der Waals surface area contributed by atoms with Crippen molar-refractivity contribution in [3.8, 4) is 0 Å². The van der Waals surface area contributed by atoms with Crippen LogP contribution in [-0.2, 0) is 14.3 Å². The first-order valence-corrected chi connectivity index (χ1v) is 12.0. The SMILES string of the molecule is C=C\C(=C/C=C(C=C)/C(=N/C(=C/C)OCC)SC)C(=O)O.C=O.CNC1CCCCCC1. The molecule has 0 aromatic carbocycles. The van der Waals surface area contributed by atoms with Crippen LogP contribution in [0, 0.1) is 0 Å². The van der Waals surface area contributed by atoms with Gasteiger partial charge in [-0.2, -0.15) is 0 Å². The lowest BCUT2D eigenvalue weighted by molar-refractivity contribution is -0.132. The van der Waals surface area contributed by atoms with Crippen molar-refractivity contribution in [2.45, 2.75) is 58.4 Å². The summed E-state index contributed by atoms with van der Waals surface area (Å²) in [6.45, 7) is 13.4. The minimum Gasteiger partial charge on any atom is -0.478 e. The van der Waals surface area contributed by atoms with E-state index in [1.807, 2.05) is 26.9 Å². The lowest BCUT2D eigenvalue weighted by Gasteiger charge is -2.10. The molecule has 1 fully saturated rings. The Kier molecular flexibility index (Phi) is 21.7. The van der Waals surface area contributed by atoms with E-state index in [1.165, 1.54) is 62.4 Å². The number of carboxylic acid groups (broad SMARTS) is 1. The number of ether oxygens (including phenoxy) is 1. The molecule has 1 aliphatic rings. The second kappa shape index (κ2) is 21.8. The van der Waals surface area contributed by atoms with Gasteiger partial charge in [0.15, 0.2) is 0 Å². The van der Waals surface area contributed by atoms with E-state index in [2.05, 4.69) is 30.5 Å². The molecule has 0 heterocycles. The lowest BCUT2D eigenvalue weighted by Crippen LogP contribution is -2.23. The molecule has 0 atom stereocenters. The molecule has 0 unspecified atom stereocenters. The fraction of sp³-hybridized carbons (Fsp3) is 0.480. The normalized spacial score (nSPS) is 15.9. The van der Waals surface area contributed by atoms with E-state index in [1.54, 1.807) is 18.2 Å². The molecule has 6 nitrogen and oxygen atoms in total. The summed E-state index contributed by atoms with van der Waals surface area (Å²) in [4.78, 5) is 23.3. The summed E-state index contributed by atoms with van der Waals surface area (Å²) < 4.78 is 5.38. The van der Waals surface area contributed by atoms with Crippen molar-refractivity contribution in [3.05, 3.63) is 60.6 Å². The van der Waals surface area contributed by atoms with Crippen molar-refractivity contribution in [2.75, 3.05) is 19.9 Å². The molecule has 0 aromatic rings. The zero-order valence-corrected chi connectivity index (χ0v) is 20.9. The Morgan fingerprint density at radius 3 is 2.03 bits per heavy atom. The maximum atomic E-state index is 10.9. The van der Waals surface area contributed by atoms with Gasteiger partial charge in [-0.1, -0.05) is 57.1 Å². The number of carboxylic acids is 1. The predicted octanol–water partition coefficient (Wildman–Crippen LogP) is 5.70. The van der Waals surface area contributed by atoms with Crippen LogP contribution in [0.1, 0.15) is 52.4 Å². The standard InChI is InChI=1S/C16H21NO3S.C8H17N.CH2O/c1-6-12(10-11-13(7-2)16(18)19)15(21-5)17-14(8-3)20-9-4;1-9-8-6-4-2-3-5-7-8;1-2/h6-8,10-11H,1-2,9H2,3-5H3,(H,18,19);8-9H,2-7H2,1H3;1H2/b12-10+,13-11+,14-8-,17-15-;;. The number of carbonyl (C=O) groups is 2. The third-order valence-corrected chi connectivity index (χ3v) is 5.30. The maximum absolute atomic E-state index is 10.9. The van der Waals surface area contributed by atoms with Gasteiger partial charge >= 0.3 is 5.97 Å². The van der Waals surface area contributed by atoms with E-state index < -0.39 is 5.97 Å². The highest BCUT2D eigenvalue weighted by Crippen LogP contribution is 2.17. The van der Waals surface area contributed by atoms with E-state index in [9.17, 15) is 4.79 Å². The van der Waals surface area contributed by atoms with Crippen molar-refractivity contribution in [1.82, 2.24) is 5.32 Å². The smallest absolute Gasteiger partial charge is 0.335 e. The second-order valence-corrected chi connectivity index (χ2v) is 7.41. The molecule has 0 bridgehead atoms. The summed E-state index contributed by atoms with van der Waals surface area (Å²) in [5.74, 6) is -0.517. The number of allylic oxidation sites excluding steroid dienone is 4. The molecule has 32 heavy (non-hydrogen) atoms. The molecule has 0 radical (unpaired) electrons. The highest BCUT2D eigenvalue weighted by Gasteiger charge is 2.08. The van der Waals surface area contributed by atoms with Crippen LogP contribution in [-0.4, -0.2) is 48.9 Å². The van der Waals surface area contributed by atoms with Gasteiger partial charge in [-0.3, -0.25) is 0 Å². The van der Waals surface area contributed by atoms with Crippen LogP contribution < -0.4 is 5.32 Å². The summed E-state index contributed by atoms with van der Waals surface area (Å²) in [5.41, 5.74) is 0.813. The molecule has 0 saturated heterocycles. The van der Waals surface area contributed by atoms with Crippen molar-refractivity contribution >= 4 is 29.6 Å². The van der Waals surface area contributed by atoms with E-state index in [0.29, 0.717) is 23.1 Å². The van der Waals surface area contributed by atoms with E-state index in [0.717, 1.165) is 6.04 Å². The lowest BCUT2D eigenvalue weighted by atomic mass is 10.1. The first kappa shape index (κ1) is 31.8. The van der Waals surface area contributed by atoms with Gasteiger partial charge in [0.1, 0.15) is 11.8 Å². The molecule has 0 aliphatic heterocycles. The molecule has 0 spiro atoms. The first-order chi connectivity index (χ1) is 15.5. The average molecular weight is 465 g/mol. The fourth-order valence-corrected chi connectivity index (χ4v) is 3.43. The van der Waals surface area contributed by atoms with Crippen molar-refractivity contribution in [2.24, 2.45) is 4.99 Å². The Balaban J connectivity index is 0. The van der Waals surface area contributed by atoms with Crippen LogP contribution in [0.25, 0.3) is 0 Å². The molecular formula is C25H40N2O4S. The van der Waals surface area contributed by atoms with Gasteiger partial charge in [-0.05, 0) is 52.1 Å². The minimum absolute atomic E-state index is 0.103. The van der Waals surface area contributed by atoms with Gasteiger partial charge in [0.05, 0.1) is 12.2 Å². The van der Waals surface area contributed by atoms with Crippen molar-refractivity contribution in [3.63, 3.8) is 0 Å². The number of rotatable bonds is 9. The number of thioether (sulfide) groups is 1. The van der Waals surface area contributed by atoms with Crippen LogP contribution in [0.2, 0.25) is 0 Å². The average Bonchev–Trinajstić information content (AvgIpc) is 3.10.